The molecular weight excluding hydrogens is 254 g/mol. The highest BCUT2D eigenvalue weighted by atomic mass is 16.2. The summed E-state index contributed by atoms with van der Waals surface area (Å²) in [5.41, 5.74) is 13.4. The van der Waals surface area contributed by atoms with Gasteiger partial charge in [0.2, 0.25) is 0 Å². The molecule has 6 nitrogen and oxygen atoms in total. The number of nitrogens with two attached hydrogens (primary N) is 2. The molecule has 0 saturated carbocycles. The molecule has 0 aliphatic rings. The van der Waals surface area contributed by atoms with Gasteiger partial charge in [0.1, 0.15) is 11.2 Å². The lowest BCUT2D eigenvalue weighted by Gasteiger charge is -2.06. The van der Waals surface area contributed by atoms with E-state index in [0.29, 0.717) is 6.42 Å². The van der Waals surface area contributed by atoms with E-state index in [9.17, 15) is 4.79 Å². The van der Waals surface area contributed by atoms with E-state index in [1.54, 1.807) is 6.92 Å². The van der Waals surface area contributed by atoms with Crippen LogP contribution in [0.1, 0.15) is 29.4 Å². The first-order valence-corrected chi connectivity index (χ1v) is 6.40. The lowest BCUT2D eigenvalue weighted by Crippen LogP contribution is -2.44. The summed E-state index contributed by atoms with van der Waals surface area (Å²) in [6, 6.07) is 5.87. The SMILES string of the molecule is CCC(=O)[n+]1c(N=C(N)N)nc(C)c2ccc(C)cc21. The van der Waals surface area contributed by atoms with Crippen LogP contribution in [0.2, 0.25) is 0 Å². The highest BCUT2D eigenvalue weighted by molar-refractivity contribution is 5.84. The Labute approximate surface area is 117 Å². The van der Waals surface area contributed by atoms with Gasteiger partial charge in [0.15, 0.2) is 0 Å². The lowest BCUT2D eigenvalue weighted by atomic mass is 10.1. The van der Waals surface area contributed by atoms with Crippen molar-refractivity contribution < 1.29 is 9.36 Å². The summed E-state index contributed by atoms with van der Waals surface area (Å²) in [6.45, 7) is 5.62. The Hall–Kier alpha value is -2.50. The van der Waals surface area contributed by atoms with Gasteiger partial charge in [-0.25, -0.2) is 0 Å². The second-order valence-electron chi connectivity index (χ2n) is 4.64. The van der Waals surface area contributed by atoms with E-state index in [0.717, 1.165) is 22.2 Å². The quantitative estimate of drug-likeness (QED) is 0.486. The summed E-state index contributed by atoms with van der Waals surface area (Å²) in [6.07, 6.45) is 0.339. The molecule has 4 N–H and O–H groups in total. The van der Waals surface area contributed by atoms with E-state index >= 15 is 0 Å². The van der Waals surface area contributed by atoms with Crippen LogP contribution in [0.15, 0.2) is 23.2 Å². The largest absolute Gasteiger partial charge is 0.444 e. The molecule has 104 valence electrons. The maximum atomic E-state index is 12.2. The topological polar surface area (TPSA) is 98.2 Å². The van der Waals surface area contributed by atoms with Gasteiger partial charge >= 0.3 is 5.95 Å². The van der Waals surface area contributed by atoms with Crippen molar-refractivity contribution in [1.82, 2.24) is 4.98 Å². The smallest absolute Gasteiger partial charge is 0.356 e. The predicted molar refractivity (Wildman–Crippen MR) is 77.8 cm³/mol. The zero-order valence-corrected chi connectivity index (χ0v) is 11.8. The van der Waals surface area contributed by atoms with E-state index in [2.05, 4.69) is 9.98 Å². The van der Waals surface area contributed by atoms with Crippen molar-refractivity contribution in [2.45, 2.75) is 27.2 Å². The van der Waals surface area contributed by atoms with Crippen LogP contribution in [-0.4, -0.2) is 16.9 Å². The number of aryl methyl sites for hydroxylation is 2. The Morgan fingerprint density at radius 2 is 2.05 bits per heavy atom. The minimum atomic E-state index is -0.124. The Morgan fingerprint density at radius 1 is 1.35 bits per heavy atom. The molecule has 0 amide bonds. The number of fused-ring (bicyclic) bond motifs is 1. The molecule has 6 heteroatoms. The minimum Gasteiger partial charge on any atom is -0.356 e. The molecular formula is C14H18N5O+. The molecule has 2 aromatic rings. The number of carbonyl (C=O) groups excluding carboxylic acids is 1. The first kappa shape index (κ1) is 13.9. The number of benzene rings is 1. The third-order valence-electron chi connectivity index (χ3n) is 3.03. The number of hydrogen-bond acceptors (Lipinski definition) is 3. The zero-order chi connectivity index (χ0) is 14.9. The van der Waals surface area contributed by atoms with Crippen LogP contribution < -0.4 is 16.0 Å². The number of guanidine groups is 1. The van der Waals surface area contributed by atoms with E-state index in [-0.39, 0.29) is 17.8 Å². The fraction of sp³-hybridized carbons (Fsp3) is 0.286. The zero-order valence-electron chi connectivity index (χ0n) is 11.8. The third kappa shape index (κ3) is 2.45. The normalized spacial score (nSPS) is 10.6. The third-order valence-corrected chi connectivity index (χ3v) is 3.03. The fourth-order valence-corrected chi connectivity index (χ4v) is 2.10. The molecule has 0 atom stereocenters. The van der Waals surface area contributed by atoms with Crippen molar-refractivity contribution in [3.63, 3.8) is 0 Å². The van der Waals surface area contributed by atoms with Crippen LogP contribution in [0.5, 0.6) is 0 Å². The van der Waals surface area contributed by atoms with Crippen molar-refractivity contribution in [3.05, 3.63) is 29.5 Å². The van der Waals surface area contributed by atoms with Crippen molar-refractivity contribution in [2.24, 2.45) is 16.5 Å². The van der Waals surface area contributed by atoms with Gasteiger partial charge in [-0.1, -0.05) is 18.0 Å². The molecule has 0 radical (unpaired) electrons. The van der Waals surface area contributed by atoms with Gasteiger partial charge in [-0.2, -0.15) is 4.57 Å². The maximum absolute atomic E-state index is 12.2. The van der Waals surface area contributed by atoms with E-state index in [1.807, 2.05) is 32.0 Å². The van der Waals surface area contributed by atoms with E-state index in [1.165, 1.54) is 4.57 Å². The second-order valence-corrected chi connectivity index (χ2v) is 4.64. The first-order valence-electron chi connectivity index (χ1n) is 6.40. The average molecular weight is 272 g/mol. The van der Waals surface area contributed by atoms with Gasteiger partial charge in [-0.15, -0.1) is 0 Å². The van der Waals surface area contributed by atoms with Crippen LogP contribution in [0, 0.1) is 13.8 Å². The summed E-state index contributed by atoms with van der Waals surface area (Å²) in [5.74, 6) is -0.0119. The molecule has 1 heterocycles. The van der Waals surface area contributed by atoms with Gasteiger partial charge < -0.3 is 11.5 Å². The molecule has 1 aromatic heterocycles. The molecule has 1 aromatic carbocycles. The first-order chi connectivity index (χ1) is 9.43. The highest BCUT2D eigenvalue weighted by Gasteiger charge is 2.23. The van der Waals surface area contributed by atoms with Crippen molar-refractivity contribution in [1.29, 1.82) is 0 Å². The van der Waals surface area contributed by atoms with Crippen LogP contribution in [0.3, 0.4) is 0 Å². The Morgan fingerprint density at radius 3 is 2.65 bits per heavy atom. The summed E-state index contributed by atoms with van der Waals surface area (Å²) in [4.78, 5) is 20.5. The van der Waals surface area contributed by atoms with Crippen LogP contribution in [-0.2, 0) is 0 Å². The maximum Gasteiger partial charge on any atom is 0.444 e. The standard InChI is InChI=1S/C14H17N5O/c1-4-12(20)19-11-7-8(2)5-6-10(11)9(3)17-14(19)18-13(15)16/h5-7H,4H2,1-3H3,(H3,15,16)/p+1. The monoisotopic (exact) mass is 272 g/mol. The minimum absolute atomic E-state index is 0.104. The number of aromatic nitrogens is 2. The Kier molecular flexibility index (Phi) is 3.65. The lowest BCUT2D eigenvalue weighted by molar-refractivity contribution is -0.535. The van der Waals surface area contributed by atoms with Gasteiger partial charge in [-0.05, 0) is 36.5 Å². The molecule has 0 fully saturated rings. The molecule has 0 aliphatic carbocycles. The second kappa shape index (κ2) is 5.24. The highest BCUT2D eigenvalue weighted by Crippen LogP contribution is 2.18. The summed E-state index contributed by atoms with van der Waals surface area (Å²) >= 11 is 0. The average Bonchev–Trinajstić information content (AvgIpc) is 2.37. The van der Waals surface area contributed by atoms with E-state index < -0.39 is 0 Å². The van der Waals surface area contributed by atoms with E-state index in [4.69, 9.17) is 11.5 Å². The number of nitrogens with zero attached hydrogens (tertiary/aromatic N) is 3. The summed E-state index contributed by atoms with van der Waals surface area (Å²) in [7, 11) is 0. The van der Waals surface area contributed by atoms with Crippen molar-refractivity contribution in [3.8, 4) is 0 Å². The summed E-state index contributed by atoms with van der Waals surface area (Å²) in [5, 5.41) is 0.909. The van der Waals surface area contributed by atoms with Gasteiger partial charge in [0.05, 0.1) is 5.39 Å². The number of rotatable bonds is 2. The molecule has 2 rings (SSSR count). The molecule has 0 spiro atoms. The van der Waals surface area contributed by atoms with Crippen LogP contribution >= 0.6 is 0 Å². The van der Waals surface area contributed by atoms with Crippen LogP contribution in [0.25, 0.3) is 10.9 Å². The number of hydrogen-bond donors (Lipinski definition) is 2. The number of aliphatic imine (C=N–C) groups is 1. The Balaban J connectivity index is 2.92. The molecule has 0 saturated heterocycles. The molecule has 20 heavy (non-hydrogen) atoms. The van der Waals surface area contributed by atoms with Crippen molar-refractivity contribution in [2.75, 3.05) is 0 Å². The van der Waals surface area contributed by atoms with Crippen LogP contribution in [0.4, 0.5) is 5.95 Å². The van der Waals surface area contributed by atoms with Gasteiger partial charge in [-0.3, -0.25) is 4.79 Å². The Bertz CT molecular complexity index is 717. The van der Waals surface area contributed by atoms with Gasteiger partial charge in [0, 0.05) is 6.42 Å². The van der Waals surface area contributed by atoms with Crippen molar-refractivity contribution >= 4 is 28.7 Å². The van der Waals surface area contributed by atoms with Gasteiger partial charge in [0.25, 0.3) is 11.9 Å². The molecule has 0 bridgehead atoms. The number of carbonyl (C=O) groups is 1. The summed E-state index contributed by atoms with van der Waals surface area (Å²) < 4.78 is 1.47. The molecule has 0 unspecified atom stereocenters. The fourth-order valence-electron chi connectivity index (χ4n) is 2.10. The molecule has 0 aliphatic heterocycles. The predicted octanol–water partition coefficient (Wildman–Crippen LogP) is 1.09.